The summed E-state index contributed by atoms with van der Waals surface area (Å²) in [6.45, 7) is 3.39. The van der Waals surface area contributed by atoms with Crippen molar-refractivity contribution in [1.29, 1.82) is 0 Å². The van der Waals surface area contributed by atoms with Gasteiger partial charge in [0.15, 0.2) is 21.3 Å². The van der Waals surface area contributed by atoms with Crippen LogP contribution < -0.4 is 9.47 Å². The monoisotopic (exact) mass is 350 g/mol. The standard InChI is InChI=1S/C13H19BrO4S/c1-13(2,19(5,15)16)12(14)9-6-7-10(17-3)11(8-9)18-4/h6-8,12H,1-5H3. The normalized spacial score (nSPS) is 14.0. The summed E-state index contributed by atoms with van der Waals surface area (Å²) >= 11 is 3.48. The van der Waals surface area contributed by atoms with E-state index in [4.69, 9.17) is 9.47 Å². The molecule has 0 heterocycles. The van der Waals surface area contributed by atoms with Crippen LogP contribution in [0.3, 0.4) is 0 Å². The average Bonchev–Trinajstić information content (AvgIpc) is 2.35. The number of hydrogen-bond donors (Lipinski definition) is 0. The zero-order valence-electron chi connectivity index (χ0n) is 11.7. The number of hydrogen-bond acceptors (Lipinski definition) is 4. The molecule has 4 nitrogen and oxygen atoms in total. The van der Waals surface area contributed by atoms with Gasteiger partial charge in [0, 0.05) is 6.26 Å². The zero-order chi connectivity index (χ0) is 14.8. The molecule has 0 amide bonds. The molecule has 0 aliphatic rings. The summed E-state index contributed by atoms with van der Waals surface area (Å²) in [6.07, 6.45) is 1.24. The minimum atomic E-state index is -3.20. The summed E-state index contributed by atoms with van der Waals surface area (Å²) in [5, 5.41) is 0. The smallest absolute Gasteiger partial charge is 0.161 e. The summed E-state index contributed by atoms with van der Waals surface area (Å²) in [5.74, 6) is 1.19. The van der Waals surface area contributed by atoms with Crippen LogP contribution in [0.25, 0.3) is 0 Å². The van der Waals surface area contributed by atoms with Crippen molar-refractivity contribution in [2.24, 2.45) is 0 Å². The van der Waals surface area contributed by atoms with Crippen LogP contribution >= 0.6 is 15.9 Å². The molecule has 1 unspecified atom stereocenters. The van der Waals surface area contributed by atoms with E-state index in [-0.39, 0.29) is 4.83 Å². The van der Waals surface area contributed by atoms with Crippen molar-refractivity contribution in [3.8, 4) is 11.5 Å². The Kier molecular flexibility index (Phi) is 4.90. The molecule has 0 fully saturated rings. The molecule has 108 valence electrons. The SMILES string of the molecule is COc1ccc(C(Br)C(C)(C)S(C)(=O)=O)cc1OC. The van der Waals surface area contributed by atoms with Gasteiger partial charge >= 0.3 is 0 Å². The van der Waals surface area contributed by atoms with E-state index in [2.05, 4.69) is 15.9 Å². The second-order valence-corrected chi connectivity index (χ2v) is 8.36. The summed E-state index contributed by atoms with van der Waals surface area (Å²) in [4.78, 5) is -0.338. The lowest BCUT2D eigenvalue weighted by molar-refractivity contribution is 0.354. The third-order valence-electron chi connectivity index (χ3n) is 3.27. The molecular weight excluding hydrogens is 332 g/mol. The summed E-state index contributed by atoms with van der Waals surface area (Å²) in [7, 11) is -0.0966. The molecule has 0 aliphatic carbocycles. The zero-order valence-corrected chi connectivity index (χ0v) is 14.1. The molecule has 0 N–H and O–H groups in total. The maximum Gasteiger partial charge on any atom is 0.161 e. The highest BCUT2D eigenvalue weighted by molar-refractivity contribution is 9.09. The predicted octanol–water partition coefficient (Wildman–Crippen LogP) is 2.96. The van der Waals surface area contributed by atoms with Gasteiger partial charge in [-0.1, -0.05) is 22.0 Å². The molecule has 0 bridgehead atoms. The minimum absolute atomic E-state index is 0.338. The number of alkyl halides is 1. The number of rotatable bonds is 5. The third-order valence-corrected chi connectivity index (χ3v) is 7.39. The van der Waals surface area contributed by atoms with Crippen molar-refractivity contribution in [2.75, 3.05) is 20.5 Å². The molecule has 1 atom stereocenters. The average molecular weight is 351 g/mol. The second kappa shape index (κ2) is 5.71. The van der Waals surface area contributed by atoms with Gasteiger partial charge in [0.1, 0.15) is 0 Å². The molecule has 19 heavy (non-hydrogen) atoms. The molecule has 1 aromatic carbocycles. The van der Waals surface area contributed by atoms with E-state index in [0.717, 1.165) is 5.56 Å². The van der Waals surface area contributed by atoms with Crippen LogP contribution in [-0.4, -0.2) is 33.6 Å². The lowest BCUT2D eigenvalue weighted by atomic mass is 10.0. The molecular formula is C13H19BrO4S. The largest absolute Gasteiger partial charge is 0.493 e. The van der Waals surface area contributed by atoms with Gasteiger partial charge in [0.05, 0.1) is 23.8 Å². The molecule has 0 saturated heterocycles. The fourth-order valence-electron chi connectivity index (χ4n) is 1.60. The molecule has 1 aromatic rings. The van der Waals surface area contributed by atoms with Crippen molar-refractivity contribution in [3.05, 3.63) is 23.8 Å². The number of methoxy groups -OCH3 is 2. The molecule has 1 rings (SSSR count). The van der Waals surface area contributed by atoms with E-state index in [1.54, 1.807) is 40.2 Å². The Morgan fingerprint density at radius 2 is 1.68 bits per heavy atom. The maximum atomic E-state index is 11.9. The Morgan fingerprint density at radius 1 is 1.16 bits per heavy atom. The number of ether oxygens (including phenoxy) is 2. The van der Waals surface area contributed by atoms with Gasteiger partial charge in [-0.2, -0.15) is 0 Å². The fraction of sp³-hybridized carbons (Fsp3) is 0.538. The predicted molar refractivity (Wildman–Crippen MR) is 80.1 cm³/mol. The highest BCUT2D eigenvalue weighted by Crippen LogP contribution is 2.41. The van der Waals surface area contributed by atoms with E-state index in [9.17, 15) is 8.42 Å². The van der Waals surface area contributed by atoms with Gasteiger partial charge in [0.2, 0.25) is 0 Å². The van der Waals surface area contributed by atoms with E-state index < -0.39 is 14.6 Å². The van der Waals surface area contributed by atoms with Crippen LogP contribution in [0.1, 0.15) is 24.2 Å². The Labute approximate surface area is 123 Å². The highest BCUT2D eigenvalue weighted by atomic mass is 79.9. The first-order valence-corrected chi connectivity index (χ1v) is 8.51. The fourth-order valence-corrected chi connectivity index (χ4v) is 3.42. The van der Waals surface area contributed by atoms with Crippen LogP contribution in [0.4, 0.5) is 0 Å². The second-order valence-electron chi connectivity index (χ2n) is 4.85. The molecule has 0 aliphatic heterocycles. The van der Waals surface area contributed by atoms with Crippen molar-refractivity contribution in [1.82, 2.24) is 0 Å². The topological polar surface area (TPSA) is 52.6 Å². The summed E-state index contributed by atoms with van der Waals surface area (Å²) in [6, 6.07) is 5.37. The Hall–Kier alpha value is -0.750. The van der Waals surface area contributed by atoms with E-state index >= 15 is 0 Å². The molecule has 0 spiro atoms. The van der Waals surface area contributed by atoms with Gasteiger partial charge in [-0.3, -0.25) is 0 Å². The van der Waals surface area contributed by atoms with Crippen LogP contribution in [0.15, 0.2) is 18.2 Å². The van der Waals surface area contributed by atoms with Crippen LogP contribution in [0, 0.1) is 0 Å². The van der Waals surface area contributed by atoms with Crippen molar-refractivity contribution < 1.29 is 17.9 Å². The highest BCUT2D eigenvalue weighted by Gasteiger charge is 2.38. The van der Waals surface area contributed by atoms with Crippen LogP contribution in [-0.2, 0) is 9.84 Å². The third kappa shape index (κ3) is 3.23. The molecule has 0 radical (unpaired) electrons. The van der Waals surface area contributed by atoms with Crippen molar-refractivity contribution >= 4 is 25.8 Å². The first-order chi connectivity index (χ1) is 8.65. The van der Waals surface area contributed by atoms with Crippen LogP contribution in [0.5, 0.6) is 11.5 Å². The van der Waals surface area contributed by atoms with Gasteiger partial charge in [-0.25, -0.2) is 8.42 Å². The van der Waals surface area contributed by atoms with Gasteiger partial charge < -0.3 is 9.47 Å². The first kappa shape index (κ1) is 16.3. The Bertz CT molecular complexity index is 552. The maximum absolute atomic E-state index is 11.9. The van der Waals surface area contributed by atoms with Crippen molar-refractivity contribution in [2.45, 2.75) is 23.4 Å². The summed E-state index contributed by atoms with van der Waals surface area (Å²) < 4.78 is 33.2. The molecule has 0 aromatic heterocycles. The first-order valence-electron chi connectivity index (χ1n) is 5.70. The quantitative estimate of drug-likeness (QED) is 0.766. The van der Waals surface area contributed by atoms with Gasteiger partial charge in [-0.05, 0) is 31.5 Å². The van der Waals surface area contributed by atoms with E-state index in [0.29, 0.717) is 11.5 Å². The lowest BCUT2D eigenvalue weighted by Crippen LogP contribution is -2.35. The van der Waals surface area contributed by atoms with Crippen LogP contribution in [0.2, 0.25) is 0 Å². The van der Waals surface area contributed by atoms with Crippen molar-refractivity contribution in [3.63, 3.8) is 0 Å². The van der Waals surface area contributed by atoms with E-state index in [1.807, 2.05) is 6.07 Å². The van der Waals surface area contributed by atoms with E-state index in [1.165, 1.54) is 6.26 Å². The molecule has 0 saturated carbocycles. The Balaban J connectivity index is 3.24. The lowest BCUT2D eigenvalue weighted by Gasteiger charge is -2.29. The van der Waals surface area contributed by atoms with Gasteiger partial charge in [-0.15, -0.1) is 0 Å². The number of benzene rings is 1. The number of halogens is 1. The van der Waals surface area contributed by atoms with Gasteiger partial charge in [0.25, 0.3) is 0 Å². The summed E-state index contributed by atoms with van der Waals surface area (Å²) in [5.41, 5.74) is 0.827. The minimum Gasteiger partial charge on any atom is -0.493 e. The Morgan fingerprint density at radius 3 is 2.11 bits per heavy atom. The molecule has 6 heteroatoms. The number of sulfone groups is 1.